The van der Waals surface area contributed by atoms with Gasteiger partial charge in [0.15, 0.2) is 0 Å². The largest absolute Gasteiger partial charge is 0.342 e. The fourth-order valence-corrected chi connectivity index (χ4v) is 2.26. The van der Waals surface area contributed by atoms with Crippen molar-refractivity contribution in [2.45, 2.75) is 33.4 Å². The highest BCUT2D eigenvalue weighted by Crippen LogP contribution is 2.12. The van der Waals surface area contributed by atoms with Crippen molar-refractivity contribution >= 4 is 5.91 Å². The summed E-state index contributed by atoms with van der Waals surface area (Å²) in [5, 5.41) is 3.28. The van der Waals surface area contributed by atoms with Gasteiger partial charge in [-0.25, -0.2) is 4.98 Å². The second-order valence-corrected chi connectivity index (χ2v) is 4.26. The molecule has 0 bridgehead atoms. The molecule has 0 atom stereocenters. The number of hydrogen-bond acceptors (Lipinski definition) is 3. The molecule has 0 saturated carbocycles. The highest BCUT2D eigenvalue weighted by atomic mass is 16.2. The summed E-state index contributed by atoms with van der Waals surface area (Å²) in [6.07, 6.45) is 2.75. The number of fused-ring (bicyclic) bond motifs is 1. The Kier molecular flexibility index (Phi) is 3.78. The molecule has 17 heavy (non-hydrogen) atoms. The van der Waals surface area contributed by atoms with E-state index in [1.165, 1.54) is 5.69 Å². The minimum absolute atomic E-state index is 0.175. The van der Waals surface area contributed by atoms with Crippen LogP contribution in [0.5, 0.6) is 0 Å². The third kappa shape index (κ3) is 2.49. The number of imidazole rings is 1. The van der Waals surface area contributed by atoms with E-state index >= 15 is 0 Å². The van der Waals surface area contributed by atoms with Crippen molar-refractivity contribution in [3.05, 3.63) is 17.7 Å². The van der Waals surface area contributed by atoms with Gasteiger partial charge in [-0.3, -0.25) is 4.79 Å². The molecule has 1 N–H and O–H groups in total. The van der Waals surface area contributed by atoms with Crippen LogP contribution in [-0.2, 0) is 24.3 Å². The van der Waals surface area contributed by atoms with Gasteiger partial charge in [-0.2, -0.15) is 0 Å². The first-order valence-electron chi connectivity index (χ1n) is 6.27. The molecule has 2 heterocycles. The first-order valence-corrected chi connectivity index (χ1v) is 6.27. The molecule has 1 aliphatic rings. The smallest absolute Gasteiger partial charge is 0.242 e. The average Bonchev–Trinajstić information content (AvgIpc) is 2.74. The number of carbonyl (C=O) groups is 1. The van der Waals surface area contributed by atoms with Crippen LogP contribution in [0.2, 0.25) is 0 Å². The van der Waals surface area contributed by atoms with Crippen molar-refractivity contribution in [1.29, 1.82) is 0 Å². The summed E-state index contributed by atoms with van der Waals surface area (Å²) < 4.78 is 2.00. The Morgan fingerprint density at radius 2 is 2.29 bits per heavy atom. The molecule has 5 nitrogen and oxygen atoms in total. The van der Waals surface area contributed by atoms with E-state index in [0.717, 1.165) is 38.3 Å². The number of aromatic nitrogens is 2. The highest BCUT2D eigenvalue weighted by molar-refractivity contribution is 5.76. The lowest BCUT2D eigenvalue weighted by molar-refractivity contribution is -0.131. The predicted octanol–water partition coefficient (Wildman–Crippen LogP) is 0.397. The Morgan fingerprint density at radius 1 is 1.53 bits per heavy atom. The SMILES string of the molecule is CCN(CC)C(=O)Cn1cnc2c1CCNC2. The fourth-order valence-electron chi connectivity index (χ4n) is 2.26. The van der Waals surface area contributed by atoms with Crippen molar-refractivity contribution in [2.24, 2.45) is 0 Å². The molecule has 0 radical (unpaired) electrons. The lowest BCUT2D eigenvalue weighted by Crippen LogP contribution is -2.34. The Balaban J connectivity index is 2.08. The highest BCUT2D eigenvalue weighted by Gasteiger charge is 2.17. The first-order chi connectivity index (χ1) is 8.26. The third-order valence-electron chi connectivity index (χ3n) is 3.29. The second-order valence-electron chi connectivity index (χ2n) is 4.26. The minimum atomic E-state index is 0.175. The van der Waals surface area contributed by atoms with E-state index in [0.29, 0.717) is 6.54 Å². The quantitative estimate of drug-likeness (QED) is 0.823. The Bertz CT molecular complexity index is 395. The van der Waals surface area contributed by atoms with Crippen LogP contribution < -0.4 is 5.32 Å². The molecule has 1 amide bonds. The molecule has 0 aromatic carbocycles. The van der Waals surface area contributed by atoms with Crippen LogP contribution in [0.4, 0.5) is 0 Å². The molecule has 1 aromatic rings. The molecule has 2 rings (SSSR count). The maximum Gasteiger partial charge on any atom is 0.242 e. The molecule has 94 valence electrons. The van der Waals surface area contributed by atoms with Crippen LogP contribution in [0.3, 0.4) is 0 Å². The van der Waals surface area contributed by atoms with Crippen LogP contribution in [0.25, 0.3) is 0 Å². The summed E-state index contributed by atoms with van der Waals surface area (Å²) in [7, 11) is 0. The molecular weight excluding hydrogens is 216 g/mol. The molecule has 1 aliphatic heterocycles. The second kappa shape index (κ2) is 5.31. The Morgan fingerprint density at radius 3 is 3.00 bits per heavy atom. The van der Waals surface area contributed by atoms with Gasteiger partial charge in [0.2, 0.25) is 5.91 Å². The maximum atomic E-state index is 12.0. The zero-order valence-electron chi connectivity index (χ0n) is 10.6. The van der Waals surface area contributed by atoms with Crippen molar-refractivity contribution in [2.75, 3.05) is 19.6 Å². The van der Waals surface area contributed by atoms with Gasteiger partial charge in [0.1, 0.15) is 6.54 Å². The van der Waals surface area contributed by atoms with Crippen molar-refractivity contribution in [3.63, 3.8) is 0 Å². The van der Waals surface area contributed by atoms with E-state index in [1.807, 2.05) is 23.3 Å². The van der Waals surface area contributed by atoms with Crippen LogP contribution in [0.15, 0.2) is 6.33 Å². The number of carbonyl (C=O) groups excluding carboxylic acids is 1. The predicted molar refractivity (Wildman–Crippen MR) is 65.6 cm³/mol. The van der Waals surface area contributed by atoms with Gasteiger partial charge in [-0.15, -0.1) is 0 Å². The number of likely N-dealkylation sites (N-methyl/N-ethyl adjacent to an activating group) is 1. The molecule has 0 spiro atoms. The van der Waals surface area contributed by atoms with Crippen molar-refractivity contribution in [1.82, 2.24) is 19.8 Å². The van der Waals surface area contributed by atoms with Crippen LogP contribution in [0, 0.1) is 0 Å². The summed E-state index contributed by atoms with van der Waals surface area (Å²) in [6, 6.07) is 0. The topological polar surface area (TPSA) is 50.2 Å². The number of nitrogens with zero attached hydrogens (tertiary/aromatic N) is 3. The van der Waals surface area contributed by atoms with Crippen LogP contribution in [0.1, 0.15) is 25.2 Å². The zero-order chi connectivity index (χ0) is 12.3. The van der Waals surface area contributed by atoms with Gasteiger partial charge < -0.3 is 14.8 Å². The molecule has 0 aliphatic carbocycles. The fraction of sp³-hybridized carbons (Fsp3) is 0.667. The van der Waals surface area contributed by atoms with Gasteiger partial charge >= 0.3 is 0 Å². The minimum Gasteiger partial charge on any atom is -0.342 e. The summed E-state index contributed by atoms with van der Waals surface area (Å²) in [5.41, 5.74) is 2.30. The van der Waals surface area contributed by atoms with E-state index < -0.39 is 0 Å². The molecule has 0 saturated heterocycles. The normalized spacial score (nSPS) is 14.5. The van der Waals surface area contributed by atoms with Gasteiger partial charge in [0.05, 0.1) is 12.0 Å². The monoisotopic (exact) mass is 236 g/mol. The number of nitrogens with one attached hydrogen (secondary N) is 1. The number of rotatable bonds is 4. The lowest BCUT2D eigenvalue weighted by Gasteiger charge is -2.20. The third-order valence-corrected chi connectivity index (χ3v) is 3.29. The standard InChI is InChI=1S/C12H20N4O/c1-3-15(4-2)12(17)8-16-9-14-10-7-13-6-5-11(10)16/h9,13H,3-8H2,1-2H3. The van der Waals surface area contributed by atoms with E-state index in [4.69, 9.17) is 0 Å². The van der Waals surface area contributed by atoms with Crippen LogP contribution >= 0.6 is 0 Å². The summed E-state index contributed by atoms with van der Waals surface area (Å²) >= 11 is 0. The van der Waals surface area contributed by atoms with E-state index in [9.17, 15) is 4.79 Å². The van der Waals surface area contributed by atoms with Gasteiger partial charge in [0.25, 0.3) is 0 Å². The molecule has 5 heteroatoms. The Hall–Kier alpha value is -1.36. The molecule has 0 fully saturated rings. The average molecular weight is 236 g/mol. The van der Waals surface area contributed by atoms with E-state index in [-0.39, 0.29) is 5.91 Å². The van der Waals surface area contributed by atoms with Gasteiger partial charge in [0, 0.05) is 38.3 Å². The van der Waals surface area contributed by atoms with E-state index in [2.05, 4.69) is 10.3 Å². The summed E-state index contributed by atoms with van der Waals surface area (Å²) in [4.78, 5) is 18.2. The zero-order valence-corrected chi connectivity index (χ0v) is 10.6. The summed E-state index contributed by atoms with van der Waals surface area (Å²) in [6.45, 7) is 7.77. The van der Waals surface area contributed by atoms with E-state index in [1.54, 1.807) is 6.33 Å². The maximum absolute atomic E-state index is 12.0. The molecular formula is C12H20N4O. The van der Waals surface area contributed by atoms with Crippen molar-refractivity contribution in [3.8, 4) is 0 Å². The van der Waals surface area contributed by atoms with Crippen LogP contribution in [-0.4, -0.2) is 40.0 Å². The number of hydrogen-bond donors (Lipinski definition) is 1. The van der Waals surface area contributed by atoms with Gasteiger partial charge in [-0.05, 0) is 13.8 Å². The first kappa shape index (κ1) is 12.1. The molecule has 1 aromatic heterocycles. The van der Waals surface area contributed by atoms with Gasteiger partial charge in [-0.1, -0.05) is 0 Å². The summed E-state index contributed by atoms with van der Waals surface area (Å²) in [5.74, 6) is 0.175. The Labute approximate surface area is 102 Å². The van der Waals surface area contributed by atoms with Crippen molar-refractivity contribution < 1.29 is 4.79 Å². The lowest BCUT2D eigenvalue weighted by atomic mass is 10.2. The molecule has 0 unspecified atom stereocenters. The number of amides is 1.